The van der Waals surface area contributed by atoms with Crippen molar-refractivity contribution in [1.29, 1.82) is 0 Å². The van der Waals surface area contributed by atoms with E-state index in [1.54, 1.807) is 35.2 Å². The number of fused-ring (bicyclic) bond motifs is 1. The van der Waals surface area contributed by atoms with Crippen molar-refractivity contribution < 1.29 is 14.0 Å². The van der Waals surface area contributed by atoms with Crippen molar-refractivity contribution in [1.82, 2.24) is 5.32 Å². The van der Waals surface area contributed by atoms with Gasteiger partial charge in [0.15, 0.2) is 0 Å². The Hall–Kier alpha value is -3.18. The molecule has 3 aromatic rings. The van der Waals surface area contributed by atoms with Gasteiger partial charge in [-0.2, -0.15) is 0 Å². The molecule has 0 spiro atoms. The van der Waals surface area contributed by atoms with E-state index in [9.17, 15) is 14.0 Å². The Balaban J connectivity index is 1.49. The van der Waals surface area contributed by atoms with E-state index in [-0.39, 0.29) is 23.9 Å². The van der Waals surface area contributed by atoms with E-state index in [4.69, 9.17) is 11.6 Å². The molecular formula is C23H18ClFN2O2. The number of carbonyl (C=O) groups is 2. The highest BCUT2D eigenvalue weighted by Gasteiger charge is 2.25. The molecule has 2 amide bonds. The molecule has 1 aliphatic heterocycles. The molecule has 1 N–H and O–H groups in total. The first-order chi connectivity index (χ1) is 14.0. The molecule has 0 saturated carbocycles. The lowest BCUT2D eigenvalue weighted by Gasteiger charge is -2.18. The van der Waals surface area contributed by atoms with E-state index in [1.807, 2.05) is 18.2 Å². The Morgan fingerprint density at radius 2 is 1.79 bits per heavy atom. The average Bonchev–Trinajstić information content (AvgIpc) is 3.15. The van der Waals surface area contributed by atoms with Crippen LogP contribution < -0.4 is 10.2 Å². The largest absolute Gasteiger partial charge is 0.348 e. The van der Waals surface area contributed by atoms with Crippen LogP contribution in [0.3, 0.4) is 0 Å². The third-order valence-corrected chi connectivity index (χ3v) is 5.17. The number of halogens is 2. The maximum absolute atomic E-state index is 13.3. The normalized spacial score (nSPS) is 12.6. The smallest absolute Gasteiger partial charge is 0.258 e. The van der Waals surface area contributed by atoms with Crippen LogP contribution in [0.5, 0.6) is 0 Å². The van der Waals surface area contributed by atoms with Crippen LogP contribution in [0.4, 0.5) is 10.1 Å². The quantitative estimate of drug-likeness (QED) is 0.685. The summed E-state index contributed by atoms with van der Waals surface area (Å²) >= 11 is 5.91. The van der Waals surface area contributed by atoms with Gasteiger partial charge in [-0.15, -0.1) is 0 Å². The number of amides is 2. The second-order valence-electron chi connectivity index (χ2n) is 6.87. The third-order valence-electron chi connectivity index (χ3n) is 4.92. The topological polar surface area (TPSA) is 49.4 Å². The van der Waals surface area contributed by atoms with Gasteiger partial charge in [0.25, 0.3) is 11.8 Å². The van der Waals surface area contributed by atoms with Gasteiger partial charge in [-0.3, -0.25) is 9.59 Å². The predicted octanol–water partition coefficient (Wildman–Crippen LogP) is 4.61. The van der Waals surface area contributed by atoms with Crippen LogP contribution in [0.15, 0.2) is 66.7 Å². The van der Waals surface area contributed by atoms with Gasteiger partial charge in [0.05, 0.1) is 0 Å². The molecule has 1 heterocycles. The molecule has 146 valence electrons. The number of benzene rings is 3. The molecule has 0 unspecified atom stereocenters. The van der Waals surface area contributed by atoms with Gasteiger partial charge >= 0.3 is 0 Å². The molecule has 1 aliphatic rings. The number of hydrogen-bond acceptors (Lipinski definition) is 2. The molecule has 0 radical (unpaired) electrons. The molecular weight excluding hydrogens is 391 g/mol. The first kappa shape index (κ1) is 19.2. The minimum absolute atomic E-state index is 0.0821. The molecule has 0 saturated heterocycles. The monoisotopic (exact) mass is 408 g/mol. The average molecular weight is 409 g/mol. The van der Waals surface area contributed by atoms with Crippen molar-refractivity contribution in [2.24, 2.45) is 0 Å². The highest BCUT2D eigenvalue weighted by molar-refractivity contribution is 6.30. The zero-order valence-corrected chi connectivity index (χ0v) is 16.2. The number of nitrogens with one attached hydrogen (secondary N) is 1. The summed E-state index contributed by atoms with van der Waals surface area (Å²) in [5, 5.41) is 3.37. The Morgan fingerprint density at radius 1 is 1.00 bits per heavy atom. The first-order valence-corrected chi connectivity index (χ1v) is 9.62. The lowest BCUT2D eigenvalue weighted by molar-refractivity contribution is 0.0948. The lowest BCUT2D eigenvalue weighted by Crippen LogP contribution is -2.29. The summed E-state index contributed by atoms with van der Waals surface area (Å²) in [7, 11) is 0. The Morgan fingerprint density at radius 3 is 2.55 bits per heavy atom. The van der Waals surface area contributed by atoms with Crippen molar-refractivity contribution in [2.45, 2.75) is 13.0 Å². The molecule has 6 heteroatoms. The Kier molecular flexibility index (Phi) is 5.32. The molecule has 4 nitrogen and oxygen atoms in total. The van der Waals surface area contributed by atoms with Gasteiger partial charge in [0, 0.05) is 34.9 Å². The minimum Gasteiger partial charge on any atom is -0.348 e. The second kappa shape index (κ2) is 8.05. The van der Waals surface area contributed by atoms with Crippen molar-refractivity contribution in [3.05, 3.63) is 99.8 Å². The van der Waals surface area contributed by atoms with Crippen molar-refractivity contribution in [2.75, 3.05) is 11.4 Å². The highest BCUT2D eigenvalue weighted by atomic mass is 35.5. The summed E-state index contributed by atoms with van der Waals surface area (Å²) in [6.45, 7) is 0.890. The van der Waals surface area contributed by atoms with Gasteiger partial charge < -0.3 is 10.2 Å². The summed E-state index contributed by atoms with van der Waals surface area (Å²) in [4.78, 5) is 26.9. The van der Waals surface area contributed by atoms with Crippen LogP contribution in [-0.2, 0) is 13.0 Å². The van der Waals surface area contributed by atoms with Gasteiger partial charge in [0.2, 0.25) is 0 Å². The van der Waals surface area contributed by atoms with Crippen LogP contribution in [0.2, 0.25) is 5.02 Å². The zero-order valence-electron chi connectivity index (χ0n) is 15.5. The van der Waals surface area contributed by atoms with Crippen LogP contribution >= 0.6 is 11.6 Å². The number of hydrogen-bond donors (Lipinski definition) is 1. The summed E-state index contributed by atoms with van der Waals surface area (Å²) < 4.78 is 13.3. The van der Waals surface area contributed by atoms with Crippen molar-refractivity contribution in [3.63, 3.8) is 0 Å². The summed E-state index contributed by atoms with van der Waals surface area (Å²) in [5.41, 5.74) is 3.65. The minimum atomic E-state index is -0.452. The number of anilines is 1. The van der Waals surface area contributed by atoms with E-state index in [0.29, 0.717) is 17.1 Å². The third kappa shape index (κ3) is 4.15. The first-order valence-electron chi connectivity index (χ1n) is 9.24. The lowest BCUT2D eigenvalue weighted by atomic mass is 10.1. The fourth-order valence-corrected chi connectivity index (χ4v) is 3.53. The van der Waals surface area contributed by atoms with Gasteiger partial charge in [-0.25, -0.2) is 4.39 Å². The molecule has 0 fully saturated rings. The maximum Gasteiger partial charge on any atom is 0.258 e. The molecule has 0 atom stereocenters. The van der Waals surface area contributed by atoms with Crippen molar-refractivity contribution >= 4 is 29.1 Å². The summed E-state index contributed by atoms with van der Waals surface area (Å²) in [6, 6.07) is 18.2. The van der Waals surface area contributed by atoms with Crippen LogP contribution in [0.1, 0.15) is 31.8 Å². The van der Waals surface area contributed by atoms with Crippen molar-refractivity contribution in [3.8, 4) is 0 Å². The second-order valence-corrected chi connectivity index (χ2v) is 7.31. The van der Waals surface area contributed by atoms with E-state index in [1.165, 1.54) is 18.2 Å². The Bertz CT molecular complexity index is 1080. The molecule has 4 rings (SSSR count). The van der Waals surface area contributed by atoms with E-state index < -0.39 is 5.82 Å². The number of rotatable bonds is 4. The molecule has 0 bridgehead atoms. The summed E-state index contributed by atoms with van der Waals surface area (Å²) in [6.07, 6.45) is 0.782. The molecule has 0 aliphatic carbocycles. The maximum atomic E-state index is 13.3. The van der Waals surface area contributed by atoms with E-state index >= 15 is 0 Å². The zero-order chi connectivity index (χ0) is 20.4. The van der Waals surface area contributed by atoms with Gasteiger partial charge in [-0.1, -0.05) is 29.8 Å². The van der Waals surface area contributed by atoms with Gasteiger partial charge in [-0.05, 0) is 66.1 Å². The van der Waals surface area contributed by atoms with Gasteiger partial charge in [0.1, 0.15) is 5.82 Å². The number of nitrogens with zero attached hydrogens (tertiary/aromatic N) is 1. The predicted molar refractivity (Wildman–Crippen MR) is 111 cm³/mol. The molecule has 29 heavy (non-hydrogen) atoms. The standard InChI is InChI=1S/C23H18ClFN2O2/c24-19-8-6-17(7-9-19)23(29)27-11-10-16-5-4-15(12-21(16)27)14-26-22(28)18-2-1-3-20(25)13-18/h1-9,12-13H,10-11,14H2,(H,26,28). The molecule has 3 aromatic carbocycles. The fraction of sp³-hybridized carbons (Fsp3) is 0.130. The van der Waals surface area contributed by atoms with Crippen LogP contribution in [0.25, 0.3) is 0 Å². The fourth-order valence-electron chi connectivity index (χ4n) is 3.41. The number of carbonyl (C=O) groups excluding carboxylic acids is 2. The summed E-state index contributed by atoms with van der Waals surface area (Å²) in [5.74, 6) is -0.882. The Labute approximate surface area is 172 Å². The molecule has 0 aromatic heterocycles. The van der Waals surface area contributed by atoms with Crippen LogP contribution in [0, 0.1) is 5.82 Å². The highest BCUT2D eigenvalue weighted by Crippen LogP contribution is 2.30. The SMILES string of the molecule is O=C(NCc1ccc2c(c1)N(C(=O)c1ccc(Cl)cc1)CC2)c1cccc(F)c1. The van der Waals surface area contributed by atoms with Crippen LogP contribution in [-0.4, -0.2) is 18.4 Å². The van der Waals surface area contributed by atoms with E-state index in [0.717, 1.165) is 23.2 Å². The van der Waals surface area contributed by atoms with E-state index in [2.05, 4.69) is 5.32 Å².